The zero-order valence-electron chi connectivity index (χ0n) is 19.6. The van der Waals surface area contributed by atoms with E-state index in [9.17, 15) is 30.8 Å². The smallest absolute Gasteiger partial charge is 0.297 e. The normalized spacial score (nSPS) is 20.0. The molecule has 0 N–H and O–H groups in total. The Morgan fingerprint density at radius 1 is 1.08 bits per heavy atom. The molecular formula is C25H18ClN7O4S. The van der Waals surface area contributed by atoms with Gasteiger partial charge in [-0.05, 0) is 28.6 Å². The van der Waals surface area contributed by atoms with Gasteiger partial charge in [-0.25, -0.2) is 4.98 Å². The number of allylic oxidation sites excluding steroid dienone is 1. The van der Waals surface area contributed by atoms with Gasteiger partial charge in [0.1, 0.15) is 11.1 Å². The summed E-state index contributed by atoms with van der Waals surface area (Å²) in [4.78, 5) is 31.1. The minimum Gasteiger partial charge on any atom is -0.347 e. The SMILES string of the molecule is N#CC1(C#N)C(c2cccs2)C([N+](=O)[O-])=C2N(Cc3ccc(Cl)nc3)CCN2C1c1ccc([N+](=O)[O-])cc1. The van der Waals surface area contributed by atoms with Gasteiger partial charge in [0.2, 0.25) is 0 Å². The molecule has 0 aliphatic carbocycles. The van der Waals surface area contributed by atoms with Crippen molar-refractivity contribution in [2.24, 2.45) is 5.41 Å². The lowest BCUT2D eigenvalue weighted by atomic mass is 9.65. The Morgan fingerprint density at radius 3 is 2.37 bits per heavy atom. The molecule has 1 fully saturated rings. The summed E-state index contributed by atoms with van der Waals surface area (Å²) in [6.45, 7) is 0.990. The van der Waals surface area contributed by atoms with Crippen LogP contribution in [0.5, 0.6) is 0 Å². The fourth-order valence-electron chi connectivity index (χ4n) is 5.30. The third-order valence-corrected chi connectivity index (χ3v) is 8.02. The number of nitro groups is 2. The maximum absolute atomic E-state index is 12.7. The number of hydrogen-bond acceptors (Lipinski definition) is 10. The van der Waals surface area contributed by atoms with E-state index >= 15 is 0 Å². The molecule has 1 saturated heterocycles. The van der Waals surface area contributed by atoms with Gasteiger partial charge in [0, 0.05) is 42.8 Å². The van der Waals surface area contributed by atoms with Crippen LogP contribution in [0.1, 0.15) is 28.0 Å². The highest BCUT2D eigenvalue weighted by Gasteiger charge is 2.63. The highest BCUT2D eigenvalue weighted by molar-refractivity contribution is 7.10. The quantitative estimate of drug-likeness (QED) is 0.239. The Balaban J connectivity index is 1.74. The van der Waals surface area contributed by atoms with E-state index in [0.717, 1.165) is 5.56 Å². The average molecular weight is 548 g/mol. The molecule has 0 radical (unpaired) electrons. The van der Waals surface area contributed by atoms with E-state index in [0.29, 0.717) is 41.0 Å². The predicted molar refractivity (Wildman–Crippen MR) is 137 cm³/mol. The number of fused-ring (bicyclic) bond motifs is 1. The summed E-state index contributed by atoms with van der Waals surface area (Å²) in [6.07, 6.45) is 1.60. The average Bonchev–Trinajstić information content (AvgIpc) is 3.59. The fraction of sp³-hybridized carbons (Fsp3) is 0.240. The lowest BCUT2D eigenvalue weighted by Crippen LogP contribution is -2.49. The molecule has 2 aliphatic rings. The number of nitriles is 2. The minimum atomic E-state index is -1.88. The Kier molecular flexibility index (Phi) is 6.45. The minimum absolute atomic E-state index is 0.140. The third kappa shape index (κ3) is 4.00. The van der Waals surface area contributed by atoms with Gasteiger partial charge in [-0.15, -0.1) is 11.3 Å². The van der Waals surface area contributed by atoms with Crippen LogP contribution in [-0.2, 0) is 6.54 Å². The van der Waals surface area contributed by atoms with Crippen molar-refractivity contribution in [1.82, 2.24) is 14.8 Å². The molecule has 4 heterocycles. The van der Waals surface area contributed by atoms with Gasteiger partial charge >= 0.3 is 0 Å². The second-order valence-electron chi connectivity index (χ2n) is 8.86. The van der Waals surface area contributed by atoms with Crippen LogP contribution in [-0.4, -0.2) is 37.7 Å². The van der Waals surface area contributed by atoms with Crippen LogP contribution in [0, 0.1) is 48.3 Å². The van der Waals surface area contributed by atoms with Gasteiger partial charge in [0.25, 0.3) is 11.4 Å². The molecule has 0 bridgehead atoms. The largest absolute Gasteiger partial charge is 0.347 e. The summed E-state index contributed by atoms with van der Waals surface area (Å²) >= 11 is 7.16. The highest BCUT2D eigenvalue weighted by Crippen LogP contribution is 2.58. The van der Waals surface area contributed by atoms with Crippen LogP contribution in [0.4, 0.5) is 5.69 Å². The van der Waals surface area contributed by atoms with E-state index in [1.54, 1.807) is 40.7 Å². The van der Waals surface area contributed by atoms with E-state index < -0.39 is 27.2 Å². The molecule has 13 heteroatoms. The summed E-state index contributed by atoms with van der Waals surface area (Å²) in [5, 5.41) is 47.1. The molecule has 5 rings (SSSR count). The van der Waals surface area contributed by atoms with Gasteiger partial charge in [0.05, 0.1) is 28.0 Å². The molecule has 11 nitrogen and oxygen atoms in total. The van der Waals surface area contributed by atoms with Gasteiger partial charge in [-0.2, -0.15) is 10.5 Å². The van der Waals surface area contributed by atoms with Crippen LogP contribution in [0.2, 0.25) is 5.15 Å². The van der Waals surface area contributed by atoms with E-state index in [2.05, 4.69) is 17.1 Å². The zero-order valence-corrected chi connectivity index (χ0v) is 21.2. The molecule has 2 unspecified atom stereocenters. The zero-order chi connectivity index (χ0) is 27.0. The highest BCUT2D eigenvalue weighted by atomic mass is 35.5. The molecule has 190 valence electrons. The molecule has 38 heavy (non-hydrogen) atoms. The van der Waals surface area contributed by atoms with E-state index in [4.69, 9.17) is 11.6 Å². The van der Waals surface area contributed by atoms with Gasteiger partial charge in [0.15, 0.2) is 11.2 Å². The van der Waals surface area contributed by atoms with Crippen LogP contribution >= 0.6 is 22.9 Å². The molecule has 0 saturated carbocycles. The summed E-state index contributed by atoms with van der Waals surface area (Å²) in [5.41, 5.74) is -0.990. The molecular weight excluding hydrogens is 530 g/mol. The first-order chi connectivity index (χ1) is 18.3. The molecule has 2 atom stereocenters. The Hall–Kier alpha value is -4.52. The van der Waals surface area contributed by atoms with Gasteiger partial charge in [-0.3, -0.25) is 20.2 Å². The number of halogens is 1. The number of non-ortho nitro benzene ring substituents is 1. The fourth-order valence-corrected chi connectivity index (χ4v) is 6.32. The number of thiophene rings is 1. The topological polar surface area (TPSA) is 153 Å². The number of hydrogen-bond donors (Lipinski definition) is 0. The second kappa shape index (κ2) is 9.74. The monoisotopic (exact) mass is 547 g/mol. The first kappa shape index (κ1) is 25.1. The van der Waals surface area contributed by atoms with Crippen LogP contribution in [0.25, 0.3) is 0 Å². The van der Waals surface area contributed by atoms with Gasteiger partial charge in [-0.1, -0.05) is 35.9 Å². The van der Waals surface area contributed by atoms with Crippen molar-refractivity contribution >= 4 is 28.6 Å². The summed E-state index contributed by atoms with van der Waals surface area (Å²) in [7, 11) is 0. The second-order valence-corrected chi connectivity index (χ2v) is 10.2. The maximum Gasteiger partial charge on any atom is 0.297 e. The number of benzene rings is 1. The van der Waals surface area contributed by atoms with Crippen molar-refractivity contribution < 1.29 is 9.85 Å². The van der Waals surface area contributed by atoms with Crippen molar-refractivity contribution in [2.45, 2.75) is 18.5 Å². The van der Waals surface area contributed by atoms with E-state index in [1.807, 2.05) is 4.90 Å². The van der Waals surface area contributed by atoms with E-state index in [-0.39, 0.29) is 11.4 Å². The number of nitrogens with zero attached hydrogens (tertiary/aromatic N) is 7. The van der Waals surface area contributed by atoms with Crippen molar-refractivity contribution in [3.63, 3.8) is 0 Å². The number of pyridine rings is 1. The number of rotatable bonds is 6. The standard InChI is InChI=1S/C25H18ClN7O4S/c26-20-8-3-16(12-29-20)13-30-9-10-31-23(17-4-6-18(7-5-17)32(34)35)25(14-27,15-28)21(19-2-1-11-38-19)22(24(30)31)33(36)37/h1-8,11-12,21,23H,9-10,13H2. The van der Waals surface area contributed by atoms with Crippen LogP contribution in [0.3, 0.4) is 0 Å². The third-order valence-electron chi connectivity index (χ3n) is 6.86. The van der Waals surface area contributed by atoms with Crippen LogP contribution in [0.15, 0.2) is 71.6 Å². The van der Waals surface area contributed by atoms with Crippen molar-refractivity contribution in [3.8, 4) is 12.1 Å². The summed E-state index contributed by atoms with van der Waals surface area (Å²) < 4.78 is 0. The number of nitro benzene ring substituents is 1. The molecule has 0 amide bonds. The van der Waals surface area contributed by atoms with Crippen molar-refractivity contribution in [1.29, 1.82) is 10.5 Å². The number of aromatic nitrogens is 1. The summed E-state index contributed by atoms with van der Waals surface area (Å²) in [6, 6.07) is 15.9. The van der Waals surface area contributed by atoms with Gasteiger partial charge < -0.3 is 9.80 Å². The Bertz CT molecular complexity index is 1500. The van der Waals surface area contributed by atoms with Crippen molar-refractivity contribution in [2.75, 3.05) is 13.1 Å². The predicted octanol–water partition coefficient (Wildman–Crippen LogP) is 4.84. The maximum atomic E-state index is 12.7. The molecule has 0 spiro atoms. The Labute approximate surface area is 225 Å². The molecule has 1 aromatic carbocycles. The lowest BCUT2D eigenvalue weighted by molar-refractivity contribution is -0.437. The molecule has 2 aromatic heterocycles. The Morgan fingerprint density at radius 2 is 1.82 bits per heavy atom. The first-order valence-corrected chi connectivity index (χ1v) is 12.7. The molecule has 3 aromatic rings. The summed E-state index contributed by atoms with van der Waals surface area (Å²) in [5.74, 6) is -0.851. The molecule has 2 aliphatic heterocycles. The van der Waals surface area contributed by atoms with Crippen LogP contribution < -0.4 is 0 Å². The first-order valence-electron chi connectivity index (χ1n) is 11.4. The van der Waals surface area contributed by atoms with E-state index in [1.165, 1.54) is 35.6 Å². The van der Waals surface area contributed by atoms with Crippen molar-refractivity contribution in [3.05, 3.63) is 113 Å². The lowest BCUT2D eigenvalue weighted by Gasteiger charge is -2.45.